The van der Waals surface area contributed by atoms with Crippen molar-refractivity contribution in [1.29, 1.82) is 0 Å². The van der Waals surface area contributed by atoms with Crippen LogP contribution in [0.4, 0.5) is 5.69 Å². The van der Waals surface area contributed by atoms with Crippen molar-refractivity contribution in [3.63, 3.8) is 0 Å². The van der Waals surface area contributed by atoms with E-state index in [0.29, 0.717) is 39.4 Å². The third kappa shape index (κ3) is 4.31. The quantitative estimate of drug-likeness (QED) is 0.227. The molecule has 0 bridgehead atoms. The van der Waals surface area contributed by atoms with Gasteiger partial charge in [0, 0.05) is 11.6 Å². The molecule has 9 nitrogen and oxygen atoms in total. The van der Waals surface area contributed by atoms with E-state index < -0.39 is 23.6 Å². The number of anilines is 1. The van der Waals surface area contributed by atoms with Gasteiger partial charge in [-0.1, -0.05) is 24.3 Å². The van der Waals surface area contributed by atoms with Crippen LogP contribution < -0.4 is 19.7 Å². The number of hydrogen-bond acceptors (Lipinski definition) is 7. The molecule has 38 heavy (non-hydrogen) atoms. The largest absolute Gasteiger partial charge is 0.497 e. The van der Waals surface area contributed by atoms with Gasteiger partial charge in [0.2, 0.25) is 0 Å². The Morgan fingerprint density at radius 1 is 0.842 bits per heavy atom. The van der Waals surface area contributed by atoms with Gasteiger partial charge in [-0.05, 0) is 60.3 Å². The average molecular weight is 528 g/mol. The number of imide groups is 1. The first-order valence-corrected chi connectivity index (χ1v) is 11.9. The first-order chi connectivity index (χ1) is 18.3. The van der Waals surface area contributed by atoms with Crippen LogP contribution >= 0.6 is 12.2 Å². The number of benzene rings is 3. The number of fused-ring (bicyclic) bond motifs is 1. The highest BCUT2D eigenvalue weighted by Gasteiger charge is 2.36. The second-order valence-corrected chi connectivity index (χ2v) is 8.86. The molecule has 2 aliphatic rings. The molecule has 3 aromatic carbocycles. The fourth-order valence-electron chi connectivity index (χ4n) is 4.37. The number of hydrogen-bond donors (Lipinski definition) is 1. The third-order valence-electron chi connectivity index (χ3n) is 6.24. The summed E-state index contributed by atoms with van der Waals surface area (Å²) < 4.78 is 10.7. The van der Waals surface area contributed by atoms with Crippen LogP contribution in [0, 0.1) is 0 Å². The first kappa shape index (κ1) is 24.8. The van der Waals surface area contributed by atoms with E-state index in [0.717, 1.165) is 4.90 Å². The molecule has 1 saturated heterocycles. The van der Waals surface area contributed by atoms with Crippen molar-refractivity contribution in [3.8, 4) is 11.5 Å². The smallest absolute Gasteiger partial charge is 0.270 e. The van der Waals surface area contributed by atoms with Gasteiger partial charge in [0.1, 0.15) is 17.1 Å². The summed E-state index contributed by atoms with van der Waals surface area (Å²) in [5.74, 6) is -1.08. The maximum Gasteiger partial charge on any atom is 0.270 e. The minimum absolute atomic E-state index is 0.0489. The number of thiocarbonyl (C=S) groups is 1. The van der Waals surface area contributed by atoms with Crippen LogP contribution in [-0.2, 0) is 16.1 Å². The Balaban J connectivity index is 1.48. The number of methoxy groups -OCH3 is 2. The molecule has 2 aliphatic heterocycles. The molecule has 1 N–H and O–H groups in total. The molecule has 0 spiro atoms. The molecule has 0 radical (unpaired) electrons. The van der Waals surface area contributed by atoms with Crippen LogP contribution in [-0.4, -0.2) is 47.9 Å². The normalized spacial score (nSPS) is 16.2. The highest BCUT2D eigenvalue weighted by Crippen LogP contribution is 2.30. The third-order valence-corrected chi connectivity index (χ3v) is 6.52. The van der Waals surface area contributed by atoms with E-state index in [9.17, 15) is 19.2 Å². The van der Waals surface area contributed by atoms with Gasteiger partial charge in [-0.3, -0.25) is 34.3 Å². The molecule has 3 aromatic rings. The maximum absolute atomic E-state index is 13.4. The Morgan fingerprint density at radius 2 is 1.55 bits per heavy atom. The second kappa shape index (κ2) is 9.91. The lowest BCUT2D eigenvalue weighted by Crippen LogP contribution is -2.54. The molecular weight excluding hydrogens is 506 g/mol. The van der Waals surface area contributed by atoms with Crippen molar-refractivity contribution in [1.82, 2.24) is 10.2 Å². The molecule has 0 unspecified atom stereocenters. The zero-order valence-corrected chi connectivity index (χ0v) is 21.2. The van der Waals surface area contributed by atoms with Crippen LogP contribution in [0.2, 0.25) is 0 Å². The molecule has 2 heterocycles. The second-order valence-electron chi connectivity index (χ2n) is 8.47. The summed E-state index contributed by atoms with van der Waals surface area (Å²) in [5, 5.41) is 2.50. The van der Waals surface area contributed by atoms with Gasteiger partial charge in [-0.2, -0.15) is 0 Å². The topological polar surface area (TPSA) is 105 Å². The Morgan fingerprint density at radius 3 is 2.21 bits per heavy atom. The fourth-order valence-corrected chi connectivity index (χ4v) is 4.65. The molecule has 0 saturated carbocycles. The molecule has 0 atom stereocenters. The Labute approximate surface area is 223 Å². The van der Waals surface area contributed by atoms with Crippen LogP contribution in [0.1, 0.15) is 31.8 Å². The van der Waals surface area contributed by atoms with Gasteiger partial charge in [0.25, 0.3) is 23.6 Å². The molecule has 10 heteroatoms. The van der Waals surface area contributed by atoms with E-state index in [1.54, 1.807) is 66.7 Å². The Hall–Kier alpha value is -4.83. The van der Waals surface area contributed by atoms with E-state index in [1.165, 1.54) is 25.2 Å². The van der Waals surface area contributed by atoms with E-state index in [2.05, 4.69) is 5.32 Å². The number of rotatable bonds is 6. The highest BCUT2D eigenvalue weighted by atomic mass is 32.1. The summed E-state index contributed by atoms with van der Waals surface area (Å²) in [6, 6.07) is 18.3. The summed E-state index contributed by atoms with van der Waals surface area (Å²) >= 11 is 5.27. The minimum atomic E-state index is -0.642. The van der Waals surface area contributed by atoms with Crippen molar-refractivity contribution >= 4 is 52.7 Å². The predicted molar refractivity (Wildman–Crippen MR) is 143 cm³/mol. The molecular formula is C28H21N3O6S. The number of ether oxygens (including phenoxy) is 2. The molecule has 5 rings (SSSR count). The summed E-state index contributed by atoms with van der Waals surface area (Å²) in [7, 11) is 2.98. The standard InChI is InChI=1S/C28H21N3O6S/c1-36-19-7-5-6-18(14-19)31-27(35)22(24(32)29-28(31)38)13-16-10-11-23(37-2)17(12-16)15-30-25(33)20-8-3-4-9-21(20)26(30)34/h3-14H,15H2,1-2H3,(H,29,32,38)/b22-13-. The van der Waals surface area contributed by atoms with Crippen LogP contribution in [0.15, 0.2) is 72.3 Å². The predicted octanol–water partition coefficient (Wildman–Crippen LogP) is 3.33. The Kier molecular flexibility index (Phi) is 6.48. The van der Waals surface area contributed by atoms with Crippen molar-refractivity contribution in [3.05, 3.63) is 94.6 Å². The fraction of sp³-hybridized carbons (Fsp3) is 0.107. The summed E-state index contributed by atoms with van der Waals surface area (Å²) in [5.41, 5.74) is 2.00. The summed E-state index contributed by atoms with van der Waals surface area (Å²) in [6.07, 6.45) is 1.43. The Bertz CT molecular complexity index is 1530. The number of amides is 4. The molecule has 0 aliphatic carbocycles. The van der Waals surface area contributed by atoms with Gasteiger partial charge in [0.15, 0.2) is 5.11 Å². The lowest BCUT2D eigenvalue weighted by atomic mass is 10.0. The van der Waals surface area contributed by atoms with E-state index in [4.69, 9.17) is 21.7 Å². The monoisotopic (exact) mass is 527 g/mol. The van der Waals surface area contributed by atoms with Gasteiger partial charge in [-0.15, -0.1) is 0 Å². The van der Waals surface area contributed by atoms with Crippen LogP contribution in [0.3, 0.4) is 0 Å². The van der Waals surface area contributed by atoms with E-state index in [-0.39, 0.29) is 17.2 Å². The highest BCUT2D eigenvalue weighted by molar-refractivity contribution is 7.80. The number of carbonyl (C=O) groups excluding carboxylic acids is 4. The van der Waals surface area contributed by atoms with E-state index in [1.807, 2.05) is 0 Å². The lowest BCUT2D eigenvalue weighted by Gasteiger charge is -2.29. The average Bonchev–Trinajstić information content (AvgIpc) is 3.16. The number of nitrogens with zero attached hydrogens (tertiary/aromatic N) is 2. The van der Waals surface area contributed by atoms with Crippen molar-refractivity contribution < 1.29 is 28.7 Å². The molecule has 1 fully saturated rings. The SMILES string of the molecule is COc1cccc(N2C(=O)/C(=C\c3ccc(OC)c(CN4C(=O)c5ccccc5C4=O)c3)C(=O)NC2=S)c1. The van der Waals surface area contributed by atoms with Gasteiger partial charge >= 0.3 is 0 Å². The van der Waals surface area contributed by atoms with Gasteiger partial charge in [-0.25, -0.2) is 0 Å². The van der Waals surface area contributed by atoms with Crippen LogP contribution in [0.5, 0.6) is 11.5 Å². The van der Waals surface area contributed by atoms with Gasteiger partial charge < -0.3 is 9.47 Å². The maximum atomic E-state index is 13.4. The molecule has 4 amide bonds. The van der Waals surface area contributed by atoms with Crippen molar-refractivity contribution in [2.75, 3.05) is 19.1 Å². The molecule has 0 aromatic heterocycles. The van der Waals surface area contributed by atoms with Crippen LogP contribution in [0.25, 0.3) is 6.08 Å². The van der Waals surface area contributed by atoms with Crippen molar-refractivity contribution in [2.45, 2.75) is 6.54 Å². The zero-order chi connectivity index (χ0) is 27.0. The summed E-state index contributed by atoms with van der Waals surface area (Å²) in [6.45, 7) is -0.0489. The number of nitrogens with one attached hydrogen (secondary N) is 1. The number of carbonyl (C=O) groups is 4. The summed E-state index contributed by atoms with van der Waals surface area (Å²) in [4.78, 5) is 54.3. The van der Waals surface area contributed by atoms with Crippen molar-refractivity contribution in [2.24, 2.45) is 0 Å². The van der Waals surface area contributed by atoms with E-state index >= 15 is 0 Å². The first-order valence-electron chi connectivity index (χ1n) is 11.5. The zero-order valence-electron chi connectivity index (χ0n) is 20.4. The van der Waals surface area contributed by atoms with Gasteiger partial charge in [0.05, 0.1) is 37.6 Å². The minimum Gasteiger partial charge on any atom is -0.497 e. The lowest BCUT2D eigenvalue weighted by molar-refractivity contribution is -0.122. The molecule has 190 valence electrons.